The molecule has 2 aromatic carbocycles. The number of fused-ring (bicyclic) bond motifs is 1. The normalized spacial score (nSPS) is 10.9. The lowest BCUT2D eigenvalue weighted by molar-refractivity contribution is 0.0923. The fraction of sp³-hybridized carbons (Fsp3) is 0.167. The molecule has 118 valence electrons. The molecule has 1 heterocycles. The number of aromatic amines is 1. The minimum atomic E-state index is -0.101. The van der Waals surface area contributed by atoms with Crippen molar-refractivity contribution in [1.29, 1.82) is 0 Å². The number of ketones is 1. The molecule has 0 bridgehead atoms. The molecule has 0 amide bonds. The monoisotopic (exact) mass is 347 g/mol. The lowest BCUT2D eigenvalue weighted by Gasteiger charge is -2.07. The van der Waals surface area contributed by atoms with Gasteiger partial charge in [0.1, 0.15) is 5.75 Å². The maximum absolute atomic E-state index is 12.5. The van der Waals surface area contributed by atoms with Crippen LogP contribution in [0, 0.1) is 0 Å². The SMILES string of the molecule is CCc1cccc2c(C(=O)COc3ccc(Cl)cc3Cl)c[nH]c12. The van der Waals surface area contributed by atoms with Gasteiger partial charge in [-0.25, -0.2) is 0 Å². The van der Waals surface area contributed by atoms with Gasteiger partial charge in [-0.15, -0.1) is 0 Å². The highest BCUT2D eigenvalue weighted by molar-refractivity contribution is 6.35. The van der Waals surface area contributed by atoms with Crippen molar-refractivity contribution in [1.82, 2.24) is 4.98 Å². The largest absolute Gasteiger partial charge is 0.484 e. The number of aryl methyl sites for hydroxylation is 1. The van der Waals surface area contributed by atoms with Crippen molar-refractivity contribution in [3.8, 4) is 5.75 Å². The first-order valence-corrected chi connectivity index (χ1v) is 8.05. The summed E-state index contributed by atoms with van der Waals surface area (Å²) < 4.78 is 5.53. The summed E-state index contributed by atoms with van der Waals surface area (Å²) >= 11 is 11.9. The summed E-state index contributed by atoms with van der Waals surface area (Å²) in [5.74, 6) is 0.342. The summed E-state index contributed by atoms with van der Waals surface area (Å²) in [6.45, 7) is 2.01. The Morgan fingerprint density at radius 2 is 2.04 bits per heavy atom. The van der Waals surface area contributed by atoms with E-state index in [1.54, 1.807) is 24.4 Å². The predicted molar refractivity (Wildman–Crippen MR) is 94.0 cm³/mol. The highest BCUT2D eigenvalue weighted by Gasteiger charge is 2.14. The second-order valence-corrected chi connectivity index (χ2v) is 6.03. The Bertz CT molecular complexity index is 871. The van der Waals surface area contributed by atoms with Crippen LogP contribution < -0.4 is 4.74 Å². The molecule has 0 spiro atoms. The van der Waals surface area contributed by atoms with E-state index in [0.29, 0.717) is 21.4 Å². The summed E-state index contributed by atoms with van der Waals surface area (Å²) in [6, 6.07) is 10.9. The number of aromatic nitrogens is 1. The Kier molecular flexibility index (Phi) is 4.60. The minimum Gasteiger partial charge on any atom is -0.484 e. The zero-order valence-corrected chi connectivity index (χ0v) is 14.0. The first kappa shape index (κ1) is 15.9. The average molecular weight is 348 g/mol. The number of hydrogen-bond acceptors (Lipinski definition) is 2. The van der Waals surface area contributed by atoms with Crippen molar-refractivity contribution < 1.29 is 9.53 Å². The Morgan fingerprint density at radius 3 is 2.78 bits per heavy atom. The van der Waals surface area contributed by atoms with E-state index in [-0.39, 0.29) is 12.4 Å². The van der Waals surface area contributed by atoms with Crippen LogP contribution in [0.25, 0.3) is 10.9 Å². The Morgan fingerprint density at radius 1 is 1.22 bits per heavy atom. The number of nitrogens with one attached hydrogen (secondary N) is 1. The smallest absolute Gasteiger partial charge is 0.202 e. The van der Waals surface area contributed by atoms with Crippen molar-refractivity contribution in [2.24, 2.45) is 0 Å². The number of H-pyrrole nitrogens is 1. The number of carbonyl (C=O) groups excluding carboxylic acids is 1. The zero-order valence-electron chi connectivity index (χ0n) is 12.5. The molecule has 3 rings (SSSR count). The number of halogens is 2. The van der Waals surface area contributed by atoms with E-state index in [1.807, 2.05) is 12.1 Å². The second kappa shape index (κ2) is 6.65. The highest BCUT2D eigenvalue weighted by atomic mass is 35.5. The number of para-hydroxylation sites is 1. The molecular weight excluding hydrogens is 333 g/mol. The van der Waals surface area contributed by atoms with Gasteiger partial charge in [-0.3, -0.25) is 4.79 Å². The van der Waals surface area contributed by atoms with E-state index in [0.717, 1.165) is 17.3 Å². The zero-order chi connectivity index (χ0) is 16.4. The van der Waals surface area contributed by atoms with Crippen molar-refractivity contribution >= 4 is 39.9 Å². The van der Waals surface area contributed by atoms with E-state index in [1.165, 1.54) is 5.56 Å². The topological polar surface area (TPSA) is 42.1 Å². The van der Waals surface area contributed by atoms with Crippen molar-refractivity contribution in [2.75, 3.05) is 6.61 Å². The molecule has 3 nitrogen and oxygen atoms in total. The number of Topliss-reactive ketones (excluding diaryl/α,β-unsaturated/α-hetero) is 1. The molecule has 1 N–H and O–H groups in total. The lowest BCUT2D eigenvalue weighted by Crippen LogP contribution is -2.11. The fourth-order valence-electron chi connectivity index (χ4n) is 2.56. The van der Waals surface area contributed by atoms with Crippen LogP contribution in [0.4, 0.5) is 0 Å². The maximum atomic E-state index is 12.5. The van der Waals surface area contributed by atoms with Crippen LogP contribution in [0.2, 0.25) is 10.0 Å². The van der Waals surface area contributed by atoms with Gasteiger partial charge in [0, 0.05) is 27.7 Å². The molecule has 0 radical (unpaired) electrons. The van der Waals surface area contributed by atoms with Crippen LogP contribution in [0.1, 0.15) is 22.8 Å². The second-order valence-electron chi connectivity index (χ2n) is 5.18. The minimum absolute atomic E-state index is 0.0787. The van der Waals surface area contributed by atoms with Gasteiger partial charge in [0.05, 0.1) is 5.02 Å². The first-order chi connectivity index (χ1) is 11.1. The highest BCUT2D eigenvalue weighted by Crippen LogP contribution is 2.28. The summed E-state index contributed by atoms with van der Waals surface area (Å²) in [5.41, 5.74) is 2.81. The molecule has 5 heteroatoms. The molecule has 0 saturated heterocycles. The van der Waals surface area contributed by atoms with Crippen LogP contribution in [0.5, 0.6) is 5.75 Å². The molecule has 3 aromatic rings. The third-order valence-electron chi connectivity index (χ3n) is 3.74. The van der Waals surface area contributed by atoms with Crippen LogP contribution in [0.3, 0.4) is 0 Å². The van der Waals surface area contributed by atoms with E-state index in [9.17, 15) is 4.79 Å². The van der Waals surface area contributed by atoms with Gasteiger partial charge in [0.2, 0.25) is 5.78 Å². The number of hydrogen-bond donors (Lipinski definition) is 1. The predicted octanol–water partition coefficient (Wildman–Crippen LogP) is 5.30. The number of ether oxygens (including phenoxy) is 1. The summed E-state index contributed by atoms with van der Waals surface area (Å²) in [5, 5.41) is 1.83. The molecule has 0 unspecified atom stereocenters. The van der Waals surface area contributed by atoms with Gasteiger partial charge in [-0.1, -0.05) is 48.3 Å². The number of benzene rings is 2. The molecule has 0 aliphatic carbocycles. The standard InChI is InChI=1S/C18H15Cl2NO2/c1-2-11-4-3-5-13-14(9-21-18(11)13)16(22)10-23-17-7-6-12(19)8-15(17)20/h3-9,21H,2,10H2,1H3. The fourth-order valence-corrected chi connectivity index (χ4v) is 3.02. The maximum Gasteiger partial charge on any atom is 0.202 e. The van der Waals surface area contributed by atoms with Crippen LogP contribution in [-0.2, 0) is 6.42 Å². The van der Waals surface area contributed by atoms with Gasteiger partial charge < -0.3 is 9.72 Å². The van der Waals surface area contributed by atoms with Gasteiger partial charge in [0.25, 0.3) is 0 Å². The van der Waals surface area contributed by atoms with Crippen LogP contribution >= 0.6 is 23.2 Å². The van der Waals surface area contributed by atoms with Crippen molar-refractivity contribution in [2.45, 2.75) is 13.3 Å². The molecule has 23 heavy (non-hydrogen) atoms. The van der Waals surface area contributed by atoms with Crippen LogP contribution in [-0.4, -0.2) is 17.4 Å². The first-order valence-electron chi connectivity index (χ1n) is 7.30. The Balaban J connectivity index is 1.81. The van der Waals surface area contributed by atoms with E-state index in [2.05, 4.69) is 18.0 Å². The third-order valence-corrected chi connectivity index (χ3v) is 4.27. The lowest BCUT2D eigenvalue weighted by atomic mass is 10.1. The van der Waals surface area contributed by atoms with Crippen molar-refractivity contribution in [3.05, 3.63) is 63.8 Å². The summed E-state index contributed by atoms with van der Waals surface area (Å²) in [6.07, 6.45) is 2.64. The van der Waals surface area contributed by atoms with E-state index in [4.69, 9.17) is 27.9 Å². The summed E-state index contributed by atoms with van der Waals surface area (Å²) in [7, 11) is 0. The summed E-state index contributed by atoms with van der Waals surface area (Å²) in [4.78, 5) is 15.6. The van der Waals surface area contributed by atoms with Gasteiger partial charge in [0.15, 0.2) is 6.61 Å². The average Bonchev–Trinajstić information content (AvgIpc) is 2.97. The molecular formula is C18H15Cl2NO2. The number of carbonyl (C=O) groups is 1. The Labute approximate surface area is 144 Å². The molecule has 0 atom stereocenters. The van der Waals surface area contributed by atoms with Gasteiger partial charge in [-0.2, -0.15) is 0 Å². The van der Waals surface area contributed by atoms with E-state index >= 15 is 0 Å². The molecule has 0 fully saturated rings. The molecule has 0 aliphatic heterocycles. The molecule has 0 saturated carbocycles. The number of rotatable bonds is 5. The Hall–Kier alpha value is -1.97. The quantitative estimate of drug-likeness (QED) is 0.636. The third kappa shape index (κ3) is 3.21. The van der Waals surface area contributed by atoms with E-state index < -0.39 is 0 Å². The van der Waals surface area contributed by atoms with Gasteiger partial charge >= 0.3 is 0 Å². The van der Waals surface area contributed by atoms with Gasteiger partial charge in [-0.05, 0) is 30.2 Å². The molecule has 0 aliphatic rings. The molecule has 1 aromatic heterocycles. The van der Waals surface area contributed by atoms with Crippen molar-refractivity contribution in [3.63, 3.8) is 0 Å². The van der Waals surface area contributed by atoms with Crippen LogP contribution in [0.15, 0.2) is 42.6 Å².